The summed E-state index contributed by atoms with van der Waals surface area (Å²) in [6.45, 7) is 3.93. The van der Waals surface area contributed by atoms with Crippen molar-refractivity contribution in [3.05, 3.63) is 66.7 Å². The molecule has 1 saturated heterocycles. The Morgan fingerprint density at radius 1 is 0.952 bits per heavy atom. The molecule has 2 aromatic carbocycles. The molecule has 0 unspecified atom stereocenters. The largest absolute Gasteiger partial charge is 0.387 e. The van der Waals surface area contributed by atoms with Gasteiger partial charge in [0.25, 0.3) is 15.9 Å². The van der Waals surface area contributed by atoms with Gasteiger partial charge in [-0.1, -0.05) is 17.7 Å². The number of likely N-dealkylation sites (N-methyl/N-ethyl adjacent to an activating group) is 1. The van der Waals surface area contributed by atoms with Crippen LogP contribution in [-0.4, -0.2) is 74.9 Å². The van der Waals surface area contributed by atoms with Crippen molar-refractivity contribution in [1.29, 1.82) is 0 Å². The molecule has 2 aromatic heterocycles. The molecule has 5 rings (SSSR count). The predicted molar refractivity (Wildman–Crippen MR) is 151 cm³/mol. The number of aliphatic hydroxyl groups excluding tert-OH is 2. The molecule has 0 bridgehead atoms. The van der Waals surface area contributed by atoms with Gasteiger partial charge in [0, 0.05) is 17.9 Å². The number of urea groups is 1. The van der Waals surface area contributed by atoms with Gasteiger partial charge in [-0.05, 0) is 50.2 Å². The van der Waals surface area contributed by atoms with E-state index in [2.05, 4.69) is 35.6 Å². The summed E-state index contributed by atoms with van der Waals surface area (Å²) in [5, 5.41) is 28.6. The number of aliphatic hydroxyl groups is 2. The molecule has 1 fully saturated rings. The van der Waals surface area contributed by atoms with Gasteiger partial charge < -0.3 is 25.6 Å². The number of aryl methyl sites for hydroxylation is 1. The predicted octanol–water partition coefficient (Wildman–Crippen LogP) is 1.33. The Labute approximate surface area is 240 Å². The minimum atomic E-state index is -3.84. The fraction of sp³-hybridized carbons (Fsp3) is 0.269. The minimum Gasteiger partial charge on any atom is -0.387 e. The number of fused-ring (bicyclic) bond motifs is 1. The summed E-state index contributed by atoms with van der Waals surface area (Å²) >= 11 is 0. The summed E-state index contributed by atoms with van der Waals surface area (Å²) in [5.41, 5.74) is 2.06. The summed E-state index contributed by atoms with van der Waals surface area (Å²) in [7, 11) is -3.84. The van der Waals surface area contributed by atoms with E-state index in [9.17, 15) is 28.2 Å². The van der Waals surface area contributed by atoms with Crippen LogP contribution < -0.4 is 20.7 Å². The van der Waals surface area contributed by atoms with Gasteiger partial charge in [0.05, 0.1) is 11.2 Å². The number of aromatic nitrogens is 4. The van der Waals surface area contributed by atoms with Crippen LogP contribution in [0.5, 0.6) is 0 Å². The summed E-state index contributed by atoms with van der Waals surface area (Å²) in [6, 6.07) is 11.8. The van der Waals surface area contributed by atoms with Crippen LogP contribution in [0.2, 0.25) is 0 Å². The average molecular weight is 597 g/mol. The molecule has 4 atom stereocenters. The van der Waals surface area contributed by atoms with E-state index in [1.54, 1.807) is 31.2 Å². The number of carbonyl (C=O) groups is 2. The lowest BCUT2D eigenvalue weighted by Crippen LogP contribution is -2.42. The fourth-order valence-corrected chi connectivity index (χ4v) is 5.39. The lowest BCUT2D eigenvalue weighted by atomic mass is 10.1. The third-order valence-electron chi connectivity index (χ3n) is 6.44. The van der Waals surface area contributed by atoms with E-state index in [1.807, 2.05) is 6.92 Å². The Morgan fingerprint density at radius 3 is 2.33 bits per heavy atom. The van der Waals surface area contributed by atoms with Crippen molar-refractivity contribution in [2.45, 2.75) is 43.3 Å². The number of nitrogens with zero attached hydrogens (tertiary/aromatic N) is 4. The molecule has 0 spiro atoms. The molecule has 42 heavy (non-hydrogen) atoms. The second-order valence-electron chi connectivity index (χ2n) is 9.44. The van der Waals surface area contributed by atoms with Crippen LogP contribution in [0.15, 0.2) is 66.1 Å². The van der Waals surface area contributed by atoms with Crippen LogP contribution >= 0.6 is 0 Å². The molecule has 220 valence electrons. The van der Waals surface area contributed by atoms with E-state index in [4.69, 9.17) is 4.74 Å². The van der Waals surface area contributed by atoms with Crippen molar-refractivity contribution in [3.8, 4) is 0 Å². The third-order valence-corrected chi connectivity index (χ3v) is 7.84. The molecule has 15 nitrogen and oxygen atoms in total. The Hall–Kier alpha value is -4.64. The number of carbonyl (C=O) groups excluding carboxylic acids is 2. The molecule has 3 amide bonds. The molecule has 1 aliphatic rings. The fourth-order valence-electron chi connectivity index (χ4n) is 4.33. The highest BCUT2D eigenvalue weighted by atomic mass is 32.2. The maximum absolute atomic E-state index is 12.7. The zero-order chi connectivity index (χ0) is 30.0. The lowest BCUT2D eigenvalue weighted by Gasteiger charge is -2.16. The first-order valence-corrected chi connectivity index (χ1v) is 14.3. The highest BCUT2D eigenvalue weighted by molar-refractivity contribution is 7.92. The third kappa shape index (κ3) is 5.87. The molecular weight excluding hydrogens is 568 g/mol. The molecule has 0 radical (unpaired) electrons. The standard InChI is InChI=1S/C26H28N8O7S/c1-3-27-24(37)21-19(35)20(36)25(41-21)34-13-30-18-22(28-12-29-23(18)34)32-26(38)31-15-8-10-17(11-9-15)42(39,40)33-16-6-4-14(2)5-7-16/h4-13,19-21,25,33,35-36H,3H2,1-2H3,(H,27,37)(H2,28,29,31,32,38)/t19-,20+,21-,25+/m0/s1. The van der Waals surface area contributed by atoms with Crippen molar-refractivity contribution in [1.82, 2.24) is 24.8 Å². The summed E-state index contributed by atoms with van der Waals surface area (Å²) < 4.78 is 34.9. The first-order chi connectivity index (χ1) is 20.1. The first-order valence-electron chi connectivity index (χ1n) is 12.8. The van der Waals surface area contributed by atoms with E-state index >= 15 is 0 Å². The van der Waals surface area contributed by atoms with Crippen LogP contribution in [0, 0.1) is 6.92 Å². The van der Waals surface area contributed by atoms with Gasteiger partial charge in [-0.15, -0.1) is 0 Å². The molecule has 4 aromatic rings. The molecule has 1 aliphatic heterocycles. The topological polar surface area (TPSA) is 210 Å². The van der Waals surface area contributed by atoms with Gasteiger partial charge in [-0.25, -0.2) is 28.2 Å². The van der Waals surface area contributed by atoms with Crippen LogP contribution in [0.3, 0.4) is 0 Å². The molecule has 0 saturated carbocycles. The number of ether oxygens (including phenoxy) is 1. The van der Waals surface area contributed by atoms with E-state index in [0.29, 0.717) is 17.9 Å². The Bertz CT molecular complexity index is 1710. The Balaban J connectivity index is 1.26. The number of rotatable bonds is 8. The zero-order valence-corrected chi connectivity index (χ0v) is 23.2. The van der Waals surface area contributed by atoms with Crippen molar-refractivity contribution >= 4 is 50.3 Å². The summed E-state index contributed by atoms with van der Waals surface area (Å²) in [4.78, 5) is 37.4. The van der Waals surface area contributed by atoms with Crippen molar-refractivity contribution in [3.63, 3.8) is 0 Å². The monoisotopic (exact) mass is 596 g/mol. The molecule has 3 heterocycles. The molecule has 16 heteroatoms. The molecular formula is C26H28N8O7S. The lowest BCUT2D eigenvalue weighted by molar-refractivity contribution is -0.137. The van der Waals surface area contributed by atoms with Gasteiger partial charge in [-0.3, -0.25) is 19.4 Å². The van der Waals surface area contributed by atoms with Gasteiger partial charge in [0.2, 0.25) is 0 Å². The van der Waals surface area contributed by atoms with Gasteiger partial charge in [0.15, 0.2) is 29.3 Å². The summed E-state index contributed by atoms with van der Waals surface area (Å²) in [5.74, 6) is -0.538. The van der Waals surface area contributed by atoms with Gasteiger partial charge >= 0.3 is 6.03 Å². The maximum Gasteiger partial charge on any atom is 0.324 e. The minimum absolute atomic E-state index is 0.00735. The smallest absolute Gasteiger partial charge is 0.324 e. The van der Waals surface area contributed by atoms with E-state index in [0.717, 1.165) is 11.9 Å². The van der Waals surface area contributed by atoms with E-state index in [1.165, 1.54) is 35.2 Å². The van der Waals surface area contributed by atoms with Gasteiger partial charge in [0.1, 0.15) is 18.5 Å². The number of sulfonamides is 1. The number of amides is 3. The van der Waals surface area contributed by atoms with E-state index in [-0.39, 0.29) is 21.9 Å². The van der Waals surface area contributed by atoms with Crippen LogP contribution in [0.25, 0.3) is 11.2 Å². The Morgan fingerprint density at radius 2 is 1.64 bits per heavy atom. The number of hydrogen-bond donors (Lipinski definition) is 6. The Kier molecular flexibility index (Phi) is 8.04. The van der Waals surface area contributed by atoms with Crippen LogP contribution in [0.1, 0.15) is 18.7 Å². The number of nitrogens with one attached hydrogen (secondary N) is 4. The molecule has 6 N–H and O–H groups in total. The van der Waals surface area contributed by atoms with Crippen molar-refractivity contribution in [2.75, 3.05) is 21.9 Å². The number of benzene rings is 2. The second kappa shape index (κ2) is 11.7. The second-order valence-corrected chi connectivity index (χ2v) is 11.1. The quantitative estimate of drug-likeness (QED) is 0.172. The normalized spacial score (nSPS) is 20.3. The SMILES string of the molecule is CCNC(=O)[C@H]1O[C@@H](n2cnc3c(NC(=O)Nc4ccc(S(=O)(=O)Nc5ccc(C)cc5)cc4)ncnc32)[C@H](O)[C@@H]1O. The highest BCUT2D eigenvalue weighted by Crippen LogP contribution is 2.32. The van der Waals surface area contributed by atoms with Crippen LogP contribution in [0.4, 0.5) is 22.0 Å². The van der Waals surface area contributed by atoms with E-state index < -0.39 is 46.5 Å². The number of anilines is 3. The average Bonchev–Trinajstić information content (AvgIpc) is 3.51. The number of imidazole rings is 1. The first kappa shape index (κ1) is 28.9. The van der Waals surface area contributed by atoms with Crippen LogP contribution in [-0.2, 0) is 19.6 Å². The van der Waals surface area contributed by atoms with Gasteiger partial charge in [-0.2, -0.15) is 0 Å². The number of hydrogen-bond acceptors (Lipinski definition) is 10. The van der Waals surface area contributed by atoms with Crippen molar-refractivity contribution < 1.29 is 33.0 Å². The highest BCUT2D eigenvalue weighted by Gasteiger charge is 2.47. The van der Waals surface area contributed by atoms with Crippen molar-refractivity contribution in [2.24, 2.45) is 0 Å². The zero-order valence-electron chi connectivity index (χ0n) is 22.4. The molecule has 0 aliphatic carbocycles. The maximum atomic E-state index is 12.7. The summed E-state index contributed by atoms with van der Waals surface area (Å²) in [6.07, 6.45) is -2.97.